The molecule has 0 aliphatic heterocycles. The molecule has 4 nitrogen and oxygen atoms in total. The summed E-state index contributed by atoms with van der Waals surface area (Å²) in [6.45, 7) is 2.61. The smallest absolute Gasteiger partial charge is 0.308 e. The Morgan fingerprint density at radius 3 is 2.72 bits per heavy atom. The number of hydrogen-bond donors (Lipinski definition) is 1. The Hall–Kier alpha value is -2.40. The van der Waals surface area contributed by atoms with Crippen molar-refractivity contribution in [2.45, 2.75) is 39.2 Å². The van der Waals surface area contributed by atoms with E-state index in [4.69, 9.17) is 0 Å². The zero-order valence-corrected chi connectivity index (χ0v) is 15.0. The monoisotopic (exact) mass is 352 g/mol. The fourth-order valence-electron chi connectivity index (χ4n) is 3.52. The molecule has 1 aliphatic carbocycles. The minimum absolute atomic E-state index is 0.0377. The number of carbonyl (C=O) groups excluding carboxylic acids is 1. The zero-order chi connectivity index (χ0) is 17.4. The maximum atomic E-state index is 12.6. The maximum Gasteiger partial charge on any atom is 0.308 e. The zero-order valence-electron chi connectivity index (χ0n) is 14.2. The molecule has 1 N–H and O–H groups in total. The molecule has 0 radical (unpaired) electrons. The molecular formula is C20H20N2O2S. The third kappa shape index (κ3) is 3.00. The van der Waals surface area contributed by atoms with Crippen LogP contribution in [0.2, 0.25) is 0 Å². The van der Waals surface area contributed by atoms with E-state index in [0.29, 0.717) is 12.1 Å². The maximum absolute atomic E-state index is 12.6. The summed E-state index contributed by atoms with van der Waals surface area (Å²) in [4.78, 5) is 24.6. The van der Waals surface area contributed by atoms with E-state index in [0.717, 1.165) is 28.7 Å². The van der Waals surface area contributed by atoms with Gasteiger partial charge in [0.25, 0.3) is 5.91 Å². The Balaban J connectivity index is 1.60. The summed E-state index contributed by atoms with van der Waals surface area (Å²) in [5, 5.41) is 2.96. The van der Waals surface area contributed by atoms with E-state index in [9.17, 15) is 9.59 Å². The number of nitrogens with one attached hydrogen (secondary N) is 1. The third-order valence-electron chi connectivity index (χ3n) is 4.85. The van der Waals surface area contributed by atoms with Crippen LogP contribution in [0, 0.1) is 0 Å². The van der Waals surface area contributed by atoms with Crippen LogP contribution in [0.15, 0.2) is 41.2 Å². The van der Waals surface area contributed by atoms with E-state index in [1.807, 2.05) is 37.3 Å². The molecule has 0 bridgehead atoms. The molecule has 1 aromatic heterocycles. The normalized spacial score (nSPS) is 13.6. The Morgan fingerprint density at radius 2 is 1.92 bits per heavy atom. The first-order chi connectivity index (χ1) is 12.2. The number of benzene rings is 2. The number of aromatic nitrogens is 1. The highest BCUT2D eigenvalue weighted by Crippen LogP contribution is 2.24. The van der Waals surface area contributed by atoms with Crippen LogP contribution in [0.1, 0.15) is 41.3 Å². The van der Waals surface area contributed by atoms with Crippen molar-refractivity contribution in [3.63, 3.8) is 0 Å². The number of rotatable bonds is 3. The number of carbonyl (C=O) groups is 1. The molecular weight excluding hydrogens is 332 g/mol. The van der Waals surface area contributed by atoms with Crippen LogP contribution >= 0.6 is 11.3 Å². The topological polar surface area (TPSA) is 51.1 Å². The first-order valence-corrected chi connectivity index (χ1v) is 9.54. The molecule has 5 heteroatoms. The highest BCUT2D eigenvalue weighted by molar-refractivity contribution is 7.16. The average molecular weight is 352 g/mol. The first kappa shape index (κ1) is 16.1. The first-order valence-electron chi connectivity index (χ1n) is 8.72. The average Bonchev–Trinajstić information content (AvgIpc) is 2.95. The molecule has 4 rings (SSSR count). The molecule has 0 saturated heterocycles. The van der Waals surface area contributed by atoms with Gasteiger partial charge in [-0.15, -0.1) is 0 Å². The van der Waals surface area contributed by atoms with Gasteiger partial charge in [-0.05, 0) is 74.1 Å². The van der Waals surface area contributed by atoms with Gasteiger partial charge in [0.05, 0.1) is 10.2 Å². The summed E-state index contributed by atoms with van der Waals surface area (Å²) in [6.07, 6.45) is 4.60. The largest absolute Gasteiger partial charge is 0.322 e. The van der Waals surface area contributed by atoms with Crippen molar-refractivity contribution in [1.29, 1.82) is 0 Å². The quantitative estimate of drug-likeness (QED) is 0.767. The summed E-state index contributed by atoms with van der Waals surface area (Å²) >= 11 is 1.22. The number of amides is 1. The Kier molecular flexibility index (Phi) is 4.17. The van der Waals surface area contributed by atoms with Crippen LogP contribution in [-0.2, 0) is 19.4 Å². The van der Waals surface area contributed by atoms with Gasteiger partial charge in [-0.3, -0.25) is 14.2 Å². The standard InChI is InChI=1S/C20H20N2O2S/c1-2-22-17-10-9-16(12-18(17)25-20(22)24)21-19(23)15-8-7-13-5-3-4-6-14(13)11-15/h7-12H,2-6H2,1H3,(H,21,23). The molecule has 0 saturated carbocycles. The van der Waals surface area contributed by atoms with E-state index in [-0.39, 0.29) is 10.8 Å². The van der Waals surface area contributed by atoms with Gasteiger partial charge in [-0.2, -0.15) is 0 Å². The molecule has 1 aliphatic rings. The summed E-state index contributed by atoms with van der Waals surface area (Å²) in [5.74, 6) is -0.102. The number of fused-ring (bicyclic) bond motifs is 2. The number of anilines is 1. The van der Waals surface area contributed by atoms with Crippen molar-refractivity contribution in [2.24, 2.45) is 0 Å². The highest BCUT2D eigenvalue weighted by atomic mass is 32.1. The molecule has 3 aromatic rings. The molecule has 2 aromatic carbocycles. The van der Waals surface area contributed by atoms with E-state index >= 15 is 0 Å². The lowest BCUT2D eigenvalue weighted by atomic mass is 9.90. The fraction of sp³-hybridized carbons (Fsp3) is 0.300. The molecule has 0 fully saturated rings. The van der Waals surface area contributed by atoms with Crippen molar-refractivity contribution < 1.29 is 4.79 Å². The van der Waals surface area contributed by atoms with E-state index < -0.39 is 0 Å². The van der Waals surface area contributed by atoms with Crippen molar-refractivity contribution in [1.82, 2.24) is 4.57 Å². The number of thiazole rings is 1. The van der Waals surface area contributed by atoms with Crippen LogP contribution in [0.4, 0.5) is 5.69 Å². The second-order valence-electron chi connectivity index (χ2n) is 6.44. The van der Waals surface area contributed by atoms with Gasteiger partial charge in [0.2, 0.25) is 0 Å². The molecule has 0 atom stereocenters. The van der Waals surface area contributed by atoms with Crippen molar-refractivity contribution >= 4 is 33.1 Å². The predicted molar refractivity (Wildman–Crippen MR) is 103 cm³/mol. The van der Waals surface area contributed by atoms with Crippen LogP contribution in [0.25, 0.3) is 10.2 Å². The number of aryl methyl sites for hydroxylation is 3. The third-order valence-corrected chi connectivity index (χ3v) is 5.79. The summed E-state index contributed by atoms with van der Waals surface area (Å²) in [5.41, 5.74) is 5.01. The fourth-order valence-corrected chi connectivity index (χ4v) is 4.52. The lowest BCUT2D eigenvalue weighted by Gasteiger charge is -2.16. The molecule has 0 unspecified atom stereocenters. The summed E-state index contributed by atoms with van der Waals surface area (Å²) in [6, 6.07) is 11.7. The molecule has 25 heavy (non-hydrogen) atoms. The van der Waals surface area contributed by atoms with E-state index in [2.05, 4.69) is 11.4 Å². The van der Waals surface area contributed by atoms with Crippen LogP contribution in [0.3, 0.4) is 0 Å². The molecule has 1 heterocycles. The van der Waals surface area contributed by atoms with E-state index in [1.165, 1.54) is 35.3 Å². The van der Waals surface area contributed by atoms with Crippen LogP contribution in [-0.4, -0.2) is 10.5 Å². The Morgan fingerprint density at radius 1 is 1.12 bits per heavy atom. The summed E-state index contributed by atoms with van der Waals surface area (Å²) < 4.78 is 2.64. The highest BCUT2D eigenvalue weighted by Gasteiger charge is 2.14. The Labute approximate surface area is 150 Å². The molecule has 128 valence electrons. The minimum atomic E-state index is -0.102. The summed E-state index contributed by atoms with van der Waals surface area (Å²) in [7, 11) is 0. The van der Waals surface area contributed by atoms with Crippen LogP contribution < -0.4 is 10.2 Å². The minimum Gasteiger partial charge on any atom is -0.322 e. The molecule has 0 spiro atoms. The Bertz CT molecular complexity index is 1020. The lowest BCUT2D eigenvalue weighted by Crippen LogP contribution is -2.13. The van der Waals surface area contributed by atoms with Crippen LogP contribution in [0.5, 0.6) is 0 Å². The second kappa shape index (κ2) is 6.48. The number of nitrogens with zero attached hydrogens (tertiary/aromatic N) is 1. The van der Waals surface area contributed by atoms with Gasteiger partial charge in [0.1, 0.15) is 0 Å². The van der Waals surface area contributed by atoms with E-state index in [1.54, 1.807) is 4.57 Å². The van der Waals surface area contributed by atoms with Gasteiger partial charge < -0.3 is 5.32 Å². The van der Waals surface area contributed by atoms with Crippen molar-refractivity contribution in [2.75, 3.05) is 5.32 Å². The number of hydrogen-bond acceptors (Lipinski definition) is 3. The molecule has 1 amide bonds. The van der Waals surface area contributed by atoms with Gasteiger partial charge in [0, 0.05) is 17.8 Å². The van der Waals surface area contributed by atoms with Crippen molar-refractivity contribution in [3.8, 4) is 0 Å². The SMILES string of the molecule is CCn1c(=O)sc2cc(NC(=O)c3ccc4c(c3)CCCC4)ccc21. The second-order valence-corrected chi connectivity index (χ2v) is 7.43. The van der Waals surface area contributed by atoms with Crippen molar-refractivity contribution in [3.05, 3.63) is 62.8 Å². The van der Waals surface area contributed by atoms with Gasteiger partial charge in [-0.25, -0.2) is 0 Å². The van der Waals surface area contributed by atoms with Gasteiger partial charge >= 0.3 is 4.87 Å². The lowest BCUT2D eigenvalue weighted by molar-refractivity contribution is 0.102. The van der Waals surface area contributed by atoms with Gasteiger partial charge in [-0.1, -0.05) is 17.4 Å². The van der Waals surface area contributed by atoms with Gasteiger partial charge in [0.15, 0.2) is 0 Å². The predicted octanol–water partition coefficient (Wildman–Crippen LogP) is 4.21.